The van der Waals surface area contributed by atoms with Gasteiger partial charge in [-0.05, 0) is 24.3 Å². The molecular formula is C17H13ClFN7. The van der Waals surface area contributed by atoms with Crippen molar-refractivity contribution in [1.82, 2.24) is 29.7 Å². The van der Waals surface area contributed by atoms with Crippen LogP contribution in [0.5, 0.6) is 0 Å². The van der Waals surface area contributed by atoms with Crippen molar-refractivity contribution in [2.24, 2.45) is 0 Å². The maximum atomic E-state index is 13.8. The summed E-state index contributed by atoms with van der Waals surface area (Å²) in [4.78, 5) is 15.2. The summed E-state index contributed by atoms with van der Waals surface area (Å²) in [6.45, 7) is 0. The number of anilines is 1. The lowest BCUT2D eigenvalue weighted by Gasteiger charge is -2.10. The summed E-state index contributed by atoms with van der Waals surface area (Å²) in [5.41, 5.74) is 1.71. The summed E-state index contributed by atoms with van der Waals surface area (Å²) in [5.74, 6) is 1.25. The minimum Gasteiger partial charge on any atom is -0.361 e. The summed E-state index contributed by atoms with van der Waals surface area (Å²) in [6.07, 6.45) is 1.45. The Morgan fingerprint density at radius 3 is 2.62 bits per heavy atom. The van der Waals surface area contributed by atoms with Crippen LogP contribution in [0.2, 0.25) is 5.15 Å². The molecule has 26 heavy (non-hydrogen) atoms. The zero-order valence-electron chi connectivity index (χ0n) is 13.9. The van der Waals surface area contributed by atoms with Crippen LogP contribution in [0.4, 0.5) is 10.2 Å². The van der Waals surface area contributed by atoms with Gasteiger partial charge in [0, 0.05) is 19.7 Å². The van der Waals surface area contributed by atoms with Gasteiger partial charge in [0.25, 0.3) is 0 Å². The minimum atomic E-state index is -0.359. The van der Waals surface area contributed by atoms with E-state index in [1.807, 2.05) is 19.0 Å². The number of aromatic nitrogens is 6. The molecular weight excluding hydrogens is 357 g/mol. The number of halogens is 2. The fourth-order valence-electron chi connectivity index (χ4n) is 2.67. The molecule has 3 heterocycles. The molecule has 9 heteroatoms. The van der Waals surface area contributed by atoms with Gasteiger partial charge >= 0.3 is 0 Å². The second kappa shape index (κ2) is 6.30. The molecule has 0 aliphatic heterocycles. The normalized spacial score (nSPS) is 11.1. The third-order valence-corrected chi connectivity index (χ3v) is 3.98. The maximum Gasteiger partial charge on any atom is 0.171 e. The Balaban J connectivity index is 2.07. The van der Waals surface area contributed by atoms with E-state index in [0.29, 0.717) is 34.2 Å². The first-order chi connectivity index (χ1) is 12.5. The van der Waals surface area contributed by atoms with Gasteiger partial charge in [-0.2, -0.15) is 0 Å². The third kappa shape index (κ3) is 2.74. The molecule has 0 aliphatic rings. The summed E-state index contributed by atoms with van der Waals surface area (Å²) < 4.78 is 15.5. The Morgan fingerprint density at radius 2 is 1.92 bits per heavy atom. The lowest BCUT2D eigenvalue weighted by Crippen LogP contribution is -2.11. The van der Waals surface area contributed by atoms with Gasteiger partial charge in [-0.3, -0.25) is 4.57 Å². The van der Waals surface area contributed by atoms with Crippen molar-refractivity contribution in [2.45, 2.75) is 0 Å². The second-order valence-electron chi connectivity index (χ2n) is 5.76. The monoisotopic (exact) mass is 369 g/mol. The molecule has 0 bridgehead atoms. The van der Waals surface area contributed by atoms with E-state index in [1.165, 1.54) is 18.5 Å². The number of hydrogen-bond acceptors (Lipinski definition) is 6. The van der Waals surface area contributed by atoms with Gasteiger partial charge in [0.1, 0.15) is 18.0 Å². The predicted molar refractivity (Wildman–Crippen MR) is 97.0 cm³/mol. The maximum absolute atomic E-state index is 13.8. The molecule has 0 radical (unpaired) electrons. The zero-order valence-corrected chi connectivity index (χ0v) is 14.7. The van der Waals surface area contributed by atoms with Gasteiger partial charge in [-0.25, -0.2) is 19.3 Å². The van der Waals surface area contributed by atoms with Crippen LogP contribution in [0.1, 0.15) is 0 Å². The standard InChI is InChI=1S/C17H13ClFN7/c1-25(2)16-14-17(21-9-20-16)26(13-7-6-12(18)23-24-13)15(22-14)10-4-3-5-11(19)8-10/h3-9H,1-2H3. The molecule has 1 aromatic carbocycles. The lowest BCUT2D eigenvalue weighted by molar-refractivity contribution is 0.628. The van der Waals surface area contributed by atoms with Crippen LogP contribution in [-0.2, 0) is 0 Å². The van der Waals surface area contributed by atoms with Crippen LogP contribution in [0, 0.1) is 5.82 Å². The van der Waals surface area contributed by atoms with Crippen molar-refractivity contribution >= 4 is 28.6 Å². The van der Waals surface area contributed by atoms with Crippen LogP contribution in [0.3, 0.4) is 0 Å². The molecule has 0 fully saturated rings. The van der Waals surface area contributed by atoms with E-state index in [9.17, 15) is 4.39 Å². The Morgan fingerprint density at radius 1 is 1.08 bits per heavy atom. The fourth-order valence-corrected chi connectivity index (χ4v) is 2.77. The molecule has 0 aliphatic carbocycles. The van der Waals surface area contributed by atoms with E-state index < -0.39 is 0 Å². The quantitative estimate of drug-likeness (QED) is 0.552. The number of fused-ring (bicyclic) bond motifs is 1. The van der Waals surface area contributed by atoms with E-state index in [-0.39, 0.29) is 11.0 Å². The Labute approximate surface area is 153 Å². The van der Waals surface area contributed by atoms with Gasteiger partial charge in [0.2, 0.25) is 0 Å². The molecule has 0 saturated heterocycles. The molecule has 4 rings (SSSR count). The highest BCUT2D eigenvalue weighted by atomic mass is 35.5. The van der Waals surface area contributed by atoms with Crippen molar-refractivity contribution in [2.75, 3.05) is 19.0 Å². The number of nitrogens with zero attached hydrogens (tertiary/aromatic N) is 7. The topological polar surface area (TPSA) is 72.6 Å². The van der Waals surface area contributed by atoms with E-state index in [4.69, 9.17) is 11.6 Å². The van der Waals surface area contributed by atoms with Gasteiger partial charge in [0.15, 0.2) is 28.0 Å². The molecule has 0 amide bonds. The van der Waals surface area contributed by atoms with Gasteiger partial charge in [-0.1, -0.05) is 23.7 Å². The van der Waals surface area contributed by atoms with Gasteiger partial charge in [-0.15, -0.1) is 10.2 Å². The van der Waals surface area contributed by atoms with Crippen molar-refractivity contribution in [3.05, 3.63) is 53.7 Å². The molecule has 0 saturated carbocycles. The van der Waals surface area contributed by atoms with Crippen LogP contribution < -0.4 is 4.90 Å². The number of imidazole rings is 1. The van der Waals surface area contributed by atoms with E-state index in [2.05, 4.69) is 25.1 Å². The fraction of sp³-hybridized carbons (Fsp3) is 0.118. The first kappa shape index (κ1) is 16.3. The van der Waals surface area contributed by atoms with E-state index in [1.54, 1.807) is 28.8 Å². The molecule has 0 N–H and O–H groups in total. The highest BCUT2D eigenvalue weighted by molar-refractivity contribution is 6.29. The van der Waals surface area contributed by atoms with Gasteiger partial charge < -0.3 is 4.90 Å². The first-order valence-electron chi connectivity index (χ1n) is 7.71. The van der Waals surface area contributed by atoms with Crippen LogP contribution in [0.25, 0.3) is 28.4 Å². The molecule has 0 unspecified atom stereocenters. The molecule has 0 atom stereocenters. The number of benzene rings is 1. The van der Waals surface area contributed by atoms with Crippen molar-refractivity contribution in [3.8, 4) is 17.2 Å². The second-order valence-corrected chi connectivity index (χ2v) is 6.15. The Bertz CT molecular complexity index is 1090. The first-order valence-corrected chi connectivity index (χ1v) is 8.08. The molecule has 130 valence electrons. The van der Waals surface area contributed by atoms with E-state index >= 15 is 0 Å². The summed E-state index contributed by atoms with van der Waals surface area (Å²) in [7, 11) is 3.73. The number of rotatable bonds is 3. The summed E-state index contributed by atoms with van der Waals surface area (Å²) in [6, 6.07) is 9.51. The molecule has 0 spiro atoms. The highest BCUT2D eigenvalue weighted by Gasteiger charge is 2.20. The van der Waals surface area contributed by atoms with Crippen molar-refractivity contribution in [3.63, 3.8) is 0 Å². The number of hydrogen-bond donors (Lipinski definition) is 0. The predicted octanol–water partition coefficient (Wildman–Crippen LogP) is 3.13. The van der Waals surface area contributed by atoms with Crippen LogP contribution in [-0.4, -0.2) is 43.8 Å². The van der Waals surface area contributed by atoms with Crippen LogP contribution >= 0.6 is 11.6 Å². The largest absolute Gasteiger partial charge is 0.361 e. The molecule has 3 aromatic heterocycles. The smallest absolute Gasteiger partial charge is 0.171 e. The Kier molecular flexibility index (Phi) is 3.96. The molecule has 4 aromatic rings. The lowest BCUT2D eigenvalue weighted by atomic mass is 10.2. The minimum absolute atomic E-state index is 0.272. The Hall–Kier alpha value is -3.13. The average molecular weight is 370 g/mol. The third-order valence-electron chi connectivity index (χ3n) is 3.78. The van der Waals surface area contributed by atoms with E-state index in [0.717, 1.165) is 0 Å². The van der Waals surface area contributed by atoms with Crippen molar-refractivity contribution < 1.29 is 4.39 Å². The summed E-state index contributed by atoms with van der Waals surface area (Å²) in [5, 5.41) is 8.29. The van der Waals surface area contributed by atoms with Crippen LogP contribution in [0.15, 0.2) is 42.7 Å². The average Bonchev–Trinajstić information content (AvgIpc) is 3.02. The highest BCUT2D eigenvalue weighted by Crippen LogP contribution is 2.30. The van der Waals surface area contributed by atoms with Gasteiger partial charge in [0.05, 0.1) is 0 Å². The van der Waals surface area contributed by atoms with Crippen molar-refractivity contribution in [1.29, 1.82) is 0 Å². The summed E-state index contributed by atoms with van der Waals surface area (Å²) >= 11 is 5.86. The zero-order chi connectivity index (χ0) is 18.3. The molecule has 7 nitrogen and oxygen atoms in total. The SMILES string of the molecule is CN(C)c1ncnc2c1nc(-c1cccc(F)c1)n2-c1ccc(Cl)nn1.